The highest BCUT2D eigenvalue weighted by Crippen LogP contribution is 2.18. The molecule has 0 saturated heterocycles. The van der Waals surface area contributed by atoms with Gasteiger partial charge in [0.25, 0.3) is 5.91 Å². The van der Waals surface area contributed by atoms with Crippen LogP contribution in [0.4, 0.5) is 11.4 Å². The number of carbonyl (C=O) groups excluding carboxylic acids is 2. The van der Waals surface area contributed by atoms with Crippen molar-refractivity contribution in [3.8, 4) is 0 Å². The number of nitrogens with one attached hydrogen (secondary N) is 2. The molecular weight excluding hydrogens is 358 g/mol. The Hall–Kier alpha value is -2.60. The molecule has 6 heteroatoms. The zero-order valence-electron chi connectivity index (χ0n) is 12.1. The van der Waals surface area contributed by atoms with Gasteiger partial charge >= 0.3 is 0 Å². The number of rotatable bonds is 3. The zero-order chi connectivity index (χ0) is 16.2. The van der Waals surface area contributed by atoms with Crippen molar-refractivity contribution in [2.45, 2.75) is 6.42 Å². The number of amides is 2. The molecule has 0 saturated carbocycles. The summed E-state index contributed by atoms with van der Waals surface area (Å²) in [5.74, 6) is -0.405. The van der Waals surface area contributed by atoms with Gasteiger partial charge in [-0.3, -0.25) is 15.0 Å². The predicted molar refractivity (Wildman–Crippen MR) is 92.5 cm³/mol. The first kappa shape index (κ1) is 15.3. The van der Waals surface area contributed by atoms with Gasteiger partial charge < -0.3 is 5.32 Å². The molecule has 0 aliphatic carbocycles. The van der Waals surface area contributed by atoms with E-state index in [1.165, 1.54) is 5.01 Å². The summed E-state index contributed by atoms with van der Waals surface area (Å²) in [5, 5.41) is 4.18. The van der Waals surface area contributed by atoms with Gasteiger partial charge in [0, 0.05) is 16.6 Å². The van der Waals surface area contributed by atoms with Crippen LogP contribution >= 0.6 is 15.9 Å². The number of hydrogen-bond donors (Lipinski definition) is 2. The van der Waals surface area contributed by atoms with E-state index in [4.69, 9.17) is 0 Å². The van der Waals surface area contributed by atoms with Crippen molar-refractivity contribution in [3.05, 3.63) is 70.8 Å². The molecule has 0 fully saturated rings. The van der Waals surface area contributed by atoms with Crippen LogP contribution in [0.1, 0.15) is 6.42 Å². The fraction of sp³-hybridized carbons (Fsp3) is 0.0588. The quantitative estimate of drug-likeness (QED) is 0.870. The fourth-order valence-electron chi connectivity index (χ4n) is 2.17. The SMILES string of the molecule is O=C(Nc1ccc(Br)cc1)C1=CCC(=O)N(c2ccccc2)N1. The van der Waals surface area contributed by atoms with Crippen LogP contribution in [0.3, 0.4) is 0 Å². The summed E-state index contributed by atoms with van der Waals surface area (Å²) >= 11 is 3.35. The van der Waals surface area contributed by atoms with Gasteiger partial charge in [0.2, 0.25) is 5.91 Å². The molecule has 2 N–H and O–H groups in total. The normalized spacial score (nSPS) is 14.0. The highest BCUT2D eigenvalue weighted by Gasteiger charge is 2.23. The Morgan fingerprint density at radius 1 is 1.09 bits per heavy atom. The second kappa shape index (κ2) is 6.66. The first-order valence-electron chi connectivity index (χ1n) is 7.05. The maximum absolute atomic E-state index is 12.3. The average molecular weight is 372 g/mol. The lowest BCUT2D eigenvalue weighted by Gasteiger charge is -2.28. The third-order valence-electron chi connectivity index (χ3n) is 3.32. The Balaban J connectivity index is 1.74. The van der Waals surface area contributed by atoms with E-state index in [1.54, 1.807) is 30.3 Å². The molecule has 23 heavy (non-hydrogen) atoms. The summed E-state index contributed by atoms with van der Waals surface area (Å²) in [4.78, 5) is 24.4. The van der Waals surface area contributed by atoms with E-state index in [0.717, 1.165) is 4.47 Å². The summed E-state index contributed by atoms with van der Waals surface area (Å²) in [5.41, 5.74) is 4.60. The molecule has 1 heterocycles. The van der Waals surface area contributed by atoms with Crippen molar-refractivity contribution in [2.24, 2.45) is 0 Å². The predicted octanol–water partition coefficient (Wildman–Crippen LogP) is 3.21. The molecule has 0 aromatic heterocycles. The molecule has 2 aromatic rings. The first-order valence-corrected chi connectivity index (χ1v) is 7.84. The van der Waals surface area contributed by atoms with Crippen molar-refractivity contribution in [2.75, 3.05) is 10.3 Å². The van der Waals surface area contributed by atoms with Crippen LogP contribution in [0.15, 0.2) is 70.8 Å². The van der Waals surface area contributed by atoms with Gasteiger partial charge in [0.15, 0.2) is 0 Å². The molecule has 0 spiro atoms. The standard InChI is InChI=1S/C17H14BrN3O2/c18-12-6-8-13(9-7-12)19-17(23)15-10-11-16(22)21(20-15)14-4-2-1-3-5-14/h1-10,20H,11H2,(H,19,23). The third kappa shape index (κ3) is 3.60. The minimum absolute atomic E-state index is 0.114. The number of hydrogen-bond acceptors (Lipinski definition) is 3. The molecule has 2 aromatic carbocycles. The van der Waals surface area contributed by atoms with Gasteiger partial charge in [-0.1, -0.05) is 34.1 Å². The van der Waals surface area contributed by atoms with E-state index >= 15 is 0 Å². The van der Waals surface area contributed by atoms with Crippen LogP contribution in [0.5, 0.6) is 0 Å². The van der Waals surface area contributed by atoms with Gasteiger partial charge in [-0.2, -0.15) is 0 Å². The molecule has 3 rings (SSSR count). The molecule has 0 atom stereocenters. The lowest BCUT2D eigenvalue weighted by Crippen LogP contribution is -2.47. The maximum atomic E-state index is 12.3. The molecule has 1 aliphatic heterocycles. The molecule has 0 bridgehead atoms. The van der Waals surface area contributed by atoms with Crippen molar-refractivity contribution in [1.29, 1.82) is 0 Å². The summed E-state index contributed by atoms with van der Waals surface area (Å²) < 4.78 is 0.936. The second-order valence-electron chi connectivity index (χ2n) is 4.96. The van der Waals surface area contributed by atoms with E-state index < -0.39 is 0 Å². The zero-order valence-corrected chi connectivity index (χ0v) is 13.7. The topological polar surface area (TPSA) is 61.4 Å². The first-order chi connectivity index (χ1) is 11.1. The Morgan fingerprint density at radius 2 is 1.78 bits per heavy atom. The van der Waals surface area contributed by atoms with Gasteiger partial charge in [-0.15, -0.1) is 0 Å². The van der Waals surface area contributed by atoms with E-state index in [9.17, 15) is 9.59 Å². The molecule has 5 nitrogen and oxygen atoms in total. The maximum Gasteiger partial charge on any atom is 0.273 e. The van der Waals surface area contributed by atoms with Gasteiger partial charge in [0.1, 0.15) is 5.70 Å². The summed E-state index contributed by atoms with van der Waals surface area (Å²) in [7, 11) is 0. The van der Waals surface area contributed by atoms with Crippen molar-refractivity contribution < 1.29 is 9.59 Å². The van der Waals surface area contributed by atoms with Crippen molar-refractivity contribution in [1.82, 2.24) is 5.43 Å². The van der Waals surface area contributed by atoms with Crippen LogP contribution in [0, 0.1) is 0 Å². The lowest BCUT2D eigenvalue weighted by atomic mass is 10.2. The number of nitrogens with zero attached hydrogens (tertiary/aromatic N) is 1. The molecule has 0 radical (unpaired) electrons. The minimum Gasteiger partial charge on any atom is -0.321 e. The van der Waals surface area contributed by atoms with Gasteiger partial charge in [-0.25, -0.2) is 5.01 Å². The number of halogens is 1. The number of hydrazine groups is 1. The third-order valence-corrected chi connectivity index (χ3v) is 3.85. The number of para-hydroxylation sites is 1. The monoisotopic (exact) mass is 371 g/mol. The minimum atomic E-state index is -0.291. The summed E-state index contributed by atoms with van der Waals surface area (Å²) in [6.07, 6.45) is 1.76. The van der Waals surface area contributed by atoms with Crippen LogP contribution < -0.4 is 15.8 Å². The fourth-order valence-corrected chi connectivity index (χ4v) is 2.43. The van der Waals surface area contributed by atoms with E-state index in [-0.39, 0.29) is 18.2 Å². The van der Waals surface area contributed by atoms with Gasteiger partial charge in [-0.05, 0) is 42.5 Å². The Labute approximate surface area is 142 Å². The van der Waals surface area contributed by atoms with Gasteiger partial charge in [0.05, 0.1) is 5.69 Å². The molecule has 1 aliphatic rings. The van der Waals surface area contributed by atoms with Crippen LogP contribution in [0.2, 0.25) is 0 Å². The largest absolute Gasteiger partial charge is 0.321 e. The van der Waals surface area contributed by atoms with Crippen molar-refractivity contribution in [3.63, 3.8) is 0 Å². The summed E-state index contributed by atoms with van der Waals surface area (Å²) in [6.45, 7) is 0. The highest BCUT2D eigenvalue weighted by molar-refractivity contribution is 9.10. The Bertz CT molecular complexity index is 757. The average Bonchev–Trinajstić information content (AvgIpc) is 2.58. The molecular formula is C17H14BrN3O2. The smallest absolute Gasteiger partial charge is 0.273 e. The molecule has 2 amide bonds. The lowest BCUT2D eigenvalue weighted by molar-refractivity contribution is -0.119. The highest BCUT2D eigenvalue weighted by atomic mass is 79.9. The van der Waals surface area contributed by atoms with E-state index in [2.05, 4.69) is 26.7 Å². The summed E-state index contributed by atoms with van der Waals surface area (Å²) in [6, 6.07) is 16.4. The van der Waals surface area contributed by atoms with Crippen LogP contribution in [-0.4, -0.2) is 11.8 Å². The number of anilines is 2. The molecule has 0 unspecified atom stereocenters. The number of carbonyl (C=O) groups is 2. The van der Waals surface area contributed by atoms with Crippen LogP contribution in [-0.2, 0) is 9.59 Å². The van der Waals surface area contributed by atoms with E-state index in [0.29, 0.717) is 17.1 Å². The second-order valence-corrected chi connectivity index (χ2v) is 5.88. The Morgan fingerprint density at radius 3 is 2.48 bits per heavy atom. The molecule has 116 valence electrons. The Kier molecular flexibility index (Phi) is 4.43. The van der Waals surface area contributed by atoms with E-state index in [1.807, 2.05) is 30.3 Å². The van der Waals surface area contributed by atoms with Crippen molar-refractivity contribution >= 4 is 39.1 Å². The number of benzene rings is 2. The van der Waals surface area contributed by atoms with Crippen LogP contribution in [0.25, 0.3) is 0 Å².